The molecule has 2 saturated heterocycles. The van der Waals surface area contributed by atoms with E-state index in [0.29, 0.717) is 26.2 Å². The number of rotatable bonds is 8. The van der Waals surface area contributed by atoms with Crippen LogP contribution in [0.4, 0.5) is 0 Å². The Morgan fingerprint density at radius 1 is 0.921 bits per heavy atom. The van der Waals surface area contributed by atoms with Crippen molar-refractivity contribution in [2.75, 3.05) is 32.8 Å². The molecule has 5 rings (SSSR count). The summed E-state index contributed by atoms with van der Waals surface area (Å²) < 4.78 is 6.87. The first-order valence-electron chi connectivity index (χ1n) is 13.9. The first kappa shape index (κ1) is 26.6. The lowest BCUT2D eigenvalue weighted by molar-refractivity contribution is -0.156. The van der Waals surface area contributed by atoms with Gasteiger partial charge < -0.3 is 24.5 Å². The monoisotopic (exact) mass is 521 g/mol. The smallest absolute Gasteiger partial charge is 0.249 e. The van der Waals surface area contributed by atoms with Crippen LogP contribution >= 0.6 is 0 Å². The van der Waals surface area contributed by atoms with E-state index in [9.17, 15) is 19.5 Å². The summed E-state index contributed by atoms with van der Waals surface area (Å²) in [7, 11) is 0. The zero-order chi connectivity index (χ0) is 27.1. The van der Waals surface area contributed by atoms with Crippen LogP contribution in [-0.2, 0) is 19.1 Å². The number of fused-ring (bicyclic) bond motifs is 2. The van der Waals surface area contributed by atoms with Crippen LogP contribution in [0.3, 0.4) is 0 Å². The normalized spacial score (nSPS) is 33.2. The summed E-state index contributed by atoms with van der Waals surface area (Å²) in [4.78, 5) is 48.0. The van der Waals surface area contributed by atoms with Crippen molar-refractivity contribution >= 4 is 17.7 Å². The van der Waals surface area contributed by atoms with Crippen LogP contribution < -0.4 is 0 Å². The van der Waals surface area contributed by atoms with Gasteiger partial charge in [-0.3, -0.25) is 14.4 Å². The topological polar surface area (TPSA) is 90.4 Å². The third kappa shape index (κ3) is 4.00. The van der Waals surface area contributed by atoms with Crippen LogP contribution in [0.5, 0.6) is 0 Å². The fourth-order valence-electron chi connectivity index (χ4n) is 6.94. The lowest BCUT2D eigenvalue weighted by Gasteiger charge is -2.40. The molecule has 4 heterocycles. The predicted molar refractivity (Wildman–Crippen MR) is 143 cm³/mol. The fourth-order valence-corrected chi connectivity index (χ4v) is 6.94. The van der Waals surface area contributed by atoms with Crippen LogP contribution in [0.25, 0.3) is 0 Å². The van der Waals surface area contributed by atoms with E-state index < -0.39 is 35.1 Å². The molecule has 3 amide bonds. The lowest BCUT2D eigenvalue weighted by atomic mass is 9.74. The van der Waals surface area contributed by atoms with Gasteiger partial charge in [-0.05, 0) is 25.3 Å². The average molecular weight is 522 g/mol. The summed E-state index contributed by atoms with van der Waals surface area (Å²) in [6.07, 6.45) is 10.2. The van der Waals surface area contributed by atoms with Crippen molar-refractivity contribution in [2.24, 2.45) is 11.8 Å². The standard InChI is InChI=1S/C30H39N3O5/c1-4-6-17-32-19-11-15-30-24(23-26(35)31(16-5-2)18-10-14-29(23,3)38-30)27(36)33(25(30)28(32)37)22(20-34)21-12-8-7-9-13-21/h7-15,22-25,34H,4-6,16-20H2,1-3H3/t22-,23+,24+,25?,29-,30+/m1/s1. The lowest BCUT2D eigenvalue weighted by Crippen LogP contribution is -2.57. The number of nitrogens with zero attached hydrogens (tertiary/aromatic N) is 3. The van der Waals surface area contributed by atoms with Gasteiger partial charge >= 0.3 is 0 Å². The molecule has 0 aromatic heterocycles. The fraction of sp³-hybridized carbons (Fsp3) is 0.567. The zero-order valence-electron chi connectivity index (χ0n) is 22.6. The van der Waals surface area contributed by atoms with Gasteiger partial charge in [0.25, 0.3) is 0 Å². The molecule has 0 radical (unpaired) electrons. The second kappa shape index (κ2) is 10.3. The number of aliphatic hydroxyl groups excluding tert-OH is 1. The molecule has 8 nitrogen and oxygen atoms in total. The highest BCUT2D eigenvalue weighted by Crippen LogP contribution is 2.58. The first-order valence-corrected chi connectivity index (χ1v) is 13.9. The average Bonchev–Trinajstić information content (AvgIpc) is 3.19. The summed E-state index contributed by atoms with van der Waals surface area (Å²) in [5.74, 6) is -2.29. The molecule has 2 fully saturated rings. The second-order valence-electron chi connectivity index (χ2n) is 11.1. The minimum absolute atomic E-state index is 0.122. The Bertz CT molecular complexity index is 1140. The molecule has 4 aliphatic rings. The molecule has 0 saturated carbocycles. The highest BCUT2D eigenvalue weighted by atomic mass is 16.5. The quantitative estimate of drug-likeness (QED) is 0.532. The zero-order valence-corrected chi connectivity index (χ0v) is 22.6. The summed E-state index contributed by atoms with van der Waals surface area (Å²) >= 11 is 0. The maximum atomic E-state index is 14.6. The van der Waals surface area contributed by atoms with Crippen LogP contribution in [0, 0.1) is 11.8 Å². The number of likely N-dealkylation sites (tertiary alicyclic amines) is 1. The molecule has 1 aromatic carbocycles. The van der Waals surface area contributed by atoms with Crippen molar-refractivity contribution in [2.45, 2.75) is 63.3 Å². The minimum Gasteiger partial charge on any atom is -0.394 e. The summed E-state index contributed by atoms with van der Waals surface area (Å²) in [5.41, 5.74) is -1.61. The van der Waals surface area contributed by atoms with Crippen molar-refractivity contribution in [3.05, 3.63) is 60.2 Å². The van der Waals surface area contributed by atoms with E-state index in [1.165, 1.54) is 4.90 Å². The third-order valence-corrected chi connectivity index (χ3v) is 8.63. The molecule has 6 atom stereocenters. The first-order chi connectivity index (χ1) is 18.3. The molecule has 0 aliphatic carbocycles. The molecule has 1 spiro atoms. The van der Waals surface area contributed by atoms with Gasteiger partial charge in [-0.1, -0.05) is 74.9 Å². The van der Waals surface area contributed by atoms with Crippen molar-refractivity contribution in [1.29, 1.82) is 0 Å². The summed E-state index contributed by atoms with van der Waals surface area (Å²) in [6.45, 7) is 7.64. The highest BCUT2D eigenvalue weighted by molar-refractivity contribution is 6.00. The van der Waals surface area contributed by atoms with E-state index in [2.05, 4.69) is 6.92 Å². The molecule has 8 heteroatoms. The number of ether oxygens (including phenoxy) is 1. The van der Waals surface area contributed by atoms with Crippen molar-refractivity contribution in [1.82, 2.24) is 14.7 Å². The van der Waals surface area contributed by atoms with Crippen molar-refractivity contribution < 1.29 is 24.2 Å². The Morgan fingerprint density at radius 2 is 1.61 bits per heavy atom. The number of carbonyl (C=O) groups is 3. The van der Waals surface area contributed by atoms with E-state index in [0.717, 1.165) is 24.8 Å². The Labute approximate surface area is 224 Å². The van der Waals surface area contributed by atoms with Gasteiger partial charge in [0.1, 0.15) is 11.6 Å². The molecular formula is C30H39N3O5. The number of aliphatic hydroxyl groups is 1. The van der Waals surface area contributed by atoms with Crippen LogP contribution in [0.1, 0.15) is 51.6 Å². The van der Waals surface area contributed by atoms with Crippen LogP contribution in [-0.4, -0.2) is 87.6 Å². The third-order valence-electron chi connectivity index (χ3n) is 8.63. The Balaban J connectivity index is 1.67. The Kier molecular flexibility index (Phi) is 7.22. The number of benzene rings is 1. The largest absolute Gasteiger partial charge is 0.394 e. The number of amides is 3. The second-order valence-corrected chi connectivity index (χ2v) is 11.1. The van der Waals surface area contributed by atoms with Gasteiger partial charge in [0, 0.05) is 26.2 Å². The molecule has 1 N–H and O–H groups in total. The molecular weight excluding hydrogens is 482 g/mol. The summed E-state index contributed by atoms with van der Waals surface area (Å²) in [6, 6.07) is 7.57. The molecule has 204 valence electrons. The number of hydrogen-bond donors (Lipinski definition) is 1. The van der Waals surface area contributed by atoms with Crippen LogP contribution in [0.15, 0.2) is 54.6 Å². The van der Waals surface area contributed by atoms with E-state index in [4.69, 9.17) is 4.74 Å². The van der Waals surface area contributed by atoms with Gasteiger partial charge in [0.2, 0.25) is 17.7 Å². The molecule has 38 heavy (non-hydrogen) atoms. The van der Waals surface area contributed by atoms with E-state index in [1.807, 2.05) is 68.5 Å². The van der Waals surface area contributed by atoms with Gasteiger partial charge in [0.05, 0.1) is 30.1 Å². The Hall–Kier alpha value is -2.97. The summed E-state index contributed by atoms with van der Waals surface area (Å²) in [5, 5.41) is 10.6. The van der Waals surface area contributed by atoms with Crippen molar-refractivity contribution in [3.8, 4) is 0 Å². The number of hydrogen-bond acceptors (Lipinski definition) is 5. The van der Waals surface area contributed by atoms with E-state index in [-0.39, 0.29) is 24.3 Å². The van der Waals surface area contributed by atoms with Crippen LogP contribution in [0.2, 0.25) is 0 Å². The van der Waals surface area contributed by atoms with Gasteiger partial charge in [-0.15, -0.1) is 0 Å². The SMILES string of the molecule is CCCCN1CC=C[C@]23O[C@]4(C)C=CCN(CCC)C(=O)[C@@H]4[C@H]2C(=O)N([C@H](CO)c2ccccc2)C3C1=O. The van der Waals surface area contributed by atoms with E-state index in [1.54, 1.807) is 9.80 Å². The number of carbonyl (C=O) groups excluding carboxylic acids is 3. The highest BCUT2D eigenvalue weighted by Gasteiger charge is 2.75. The molecule has 4 aliphatic heterocycles. The Morgan fingerprint density at radius 3 is 2.26 bits per heavy atom. The maximum absolute atomic E-state index is 14.6. The molecule has 1 aromatic rings. The molecule has 1 unspecified atom stereocenters. The van der Waals surface area contributed by atoms with Gasteiger partial charge in [0.15, 0.2) is 0 Å². The maximum Gasteiger partial charge on any atom is 0.249 e. The van der Waals surface area contributed by atoms with E-state index >= 15 is 0 Å². The number of unbranched alkanes of at least 4 members (excludes halogenated alkanes) is 1. The van der Waals surface area contributed by atoms with Crippen molar-refractivity contribution in [3.63, 3.8) is 0 Å². The van der Waals surface area contributed by atoms with Gasteiger partial charge in [-0.2, -0.15) is 0 Å². The molecule has 0 bridgehead atoms. The van der Waals surface area contributed by atoms with Gasteiger partial charge in [-0.25, -0.2) is 0 Å². The predicted octanol–water partition coefficient (Wildman–Crippen LogP) is 2.70. The minimum atomic E-state index is -1.31.